The van der Waals surface area contributed by atoms with Gasteiger partial charge in [-0.25, -0.2) is 4.98 Å². The predicted octanol–water partition coefficient (Wildman–Crippen LogP) is 0.864. The Balaban J connectivity index is 0.000000861. The highest BCUT2D eigenvalue weighted by Crippen LogP contribution is 2.16. The largest absolute Gasteiger partial charge is 0.295 e. The van der Waals surface area contributed by atoms with Crippen molar-refractivity contribution in [3.05, 3.63) is 27.9 Å². The van der Waals surface area contributed by atoms with Gasteiger partial charge < -0.3 is 0 Å². The topological polar surface area (TPSA) is 81.1 Å². The number of rotatable bonds is 1. The number of aromatic nitrogens is 2. The van der Waals surface area contributed by atoms with E-state index in [4.69, 9.17) is 0 Å². The third kappa shape index (κ3) is 3.07. The summed E-state index contributed by atoms with van der Waals surface area (Å²) >= 11 is 0. The van der Waals surface area contributed by atoms with Crippen LogP contribution in [0.1, 0.15) is 44.0 Å². The minimum atomic E-state index is -0.632. The zero-order valence-electron chi connectivity index (χ0n) is 11.7. The first-order chi connectivity index (χ1) is 9.00. The molecule has 1 atom stereocenters. The van der Waals surface area contributed by atoms with Gasteiger partial charge in [0.05, 0.1) is 6.33 Å². The first-order valence-corrected chi connectivity index (χ1v) is 6.38. The van der Waals surface area contributed by atoms with Crippen LogP contribution >= 0.6 is 0 Å². The summed E-state index contributed by atoms with van der Waals surface area (Å²) in [6.45, 7) is 7.42. The van der Waals surface area contributed by atoms with E-state index in [1.54, 1.807) is 13.8 Å². The summed E-state index contributed by atoms with van der Waals surface area (Å²) in [5, 5.41) is 2.22. The van der Waals surface area contributed by atoms with Crippen LogP contribution in [0.5, 0.6) is 0 Å². The molecule has 0 aromatic carbocycles. The molecule has 6 nitrogen and oxygen atoms in total. The Kier molecular flexibility index (Phi) is 4.97. The summed E-state index contributed by atoms with van der Waals surface area (Å²) in [5.74, 6) is -0.732. The van der Waals surface area contributed by atoms with Gasteiger partial charge in [-0.2, -0.15) is 0 Å². The molecule has 2 rings (SSSR count). The Morgan fingerprint density at radius 1 is 1.26 bits per heavy atom. The van der Waals surface area contributed by atoms with E-state index in [2.05, 4.69) is 10.3 Å². The van der Waals surface area contributed by atoms with Crippen LogP contribution in [0.2, 0.25) is 0 Å². The van der Waals surface area contributed by atoms with Crippen LogP contribution in [-0.2, 0) is 9.59 Å². The highest BCUT2D eigenvalue weighted by Gasteiger charge is 2.29. The van der Waals surface area contributed by atoms with Gasteiger partial charge in [0.15, 0.2) is 0 Å². The number of nitrogens with zero attached hydrogens (tertiary/aromatic N) is 2. The van der Waals surface area contributed by atoms with Crippen LogP contribution in [-0.4, -0.2) is 21.4 Å². The second-order valence-corrected chi connectivity index (χ2v) is 4.13. The van der Waals surface area contributed by atoms with Crippen molar-refractivity contribution in [1.29, 1.82) is 0 Å². The molecule has 0 saturated carbocycles. The third-order valence-electron chi connectivity index (χ3n) is 3.02. The lowest BCUT2D eigenvalue weighted by molar-refractivity contribution is -0.135. The fraction of sp³-hybridized carbons (Fsp3) is 0.538. The maximum absolute atomic E-state index is 12.0. The summed E-state index contributed by atoms with van der Waals surface area (Å²) in [5.41, 5.74) is 0.947. The number of imide groups is 1. The summed E-state index contributed by atoms with van der Waals surface area (Å²) in [7, 11) is 0. The maximum Gasteiger partial charge on any atom is 0.257 e. The standard InChI is InChI=1S/C11H13N3O3.C2H6/c1-6-7(2)12-5-14(11(6)17)8-3-4-9(15)13-10(8)16;1-2/h5,8H,3-4H2,1-2H3,(H,13,15,16);1-2H3. The van der Waals surface area contributed by atoms with Crippen LogP contribution in [0, 0.1) is 13.8 Å². The van der Waals surface area contributed by atoms with Crippen molar-refractivity contribution in [2.45, 2.75) is 46.6 Å². The molecule has 0 aliphatic carbocycles. The van der Waals surface area contributed by atoms with Gasteiger partial charge in [-0.3, -0.25) is 24.3 Å². The van der Waals surface area contributed by atoms with E-state index in [9.17, 15) is 14.4 Å². The highest BCUT2D eigenvalue weighted by atomic mass is 16.2. The zero-order valence-corrected chi connectivity index (χ0v) is 11.7. The van der Waals surface area contributed by atoms with Gasteiger partial charge in [0.1, 0.15) is 6.04 Å². The van der Waals surface area contributed by atoms with E-state index in [1.807, 2.05) is 13.8 Å². The van der Waals surface area contributed by atoms with E-state index < -0.39 is 11.9 Å². The molecule has 2 heterocycles. The predicted molar refractivity (Wildman–Crippen MR) is 70.7 cm³/mol. The summed E-state index contributed by atoms with van der Waals surface area (Å²) in [4.78, 5) is 38.7. The van der Waals surface area contributed by atoms with E-state index in [0.29, 0.717) is 17.7 Å². The van der Waals surface area contributed by atoms with E-state index in [0.717, 1.165) is 0 Å². The van der Waals surface area contributed by atoms with E-state index >= 15 is 0 Å². The Labute approximate surface area is 111 Å². The van der Waals surface area contributed by atoms with Gasteiger partial charge >= 0.3 is 0 Å². The van der Waals surface area contributed by atoms with Gasteiger partial charge in [-0.1, -0.05) is 13.8 Å². The Morgan fingerprint density at radius 3 is 2.47 bits per heavy atom. The number of piperidine rings is 1. The van der Waals surface area contributed by atoms with Crippen molar-refractivity contribution < 1.29 is 9.59 Å². The lowest BCUT2D eigenvalue weighted by atomic mass is 10.1. The molecule has 0 radical (unpaired) electrons. The first-order valence-electron chi connectivity index (χ1n) is 6.38. The Morgan fingerprint density at radius 2 is 1.89 bits per heavy atom. The molecule has 1 aromatic heterocycles. The molecule has 1 fully saturated rings. The molecule has 1 aromatic rings. The highest BCUT2D eigenvalue weighted by molar-refractivity contribution is 5.99. The quantitative estimate of drug-likeness (QED) is 0.764. The molecule has 1 N–H and O–H groups in total. The molecule has 1 saturated heterocycles. The molecule has 6 heteroatoms. The second kappa shape index (κ2) is 6.26. The lowest BCUT2D eigenvalue weighted by Crippen LogP contribution is -2.44. The lowest BCUT2D eigenvalue weighted by Gasteiger charge is -2.22. The molecular weight excluding hydrogens is 246 g/mol. The monoisotopic (exact) mass is 265 g/mol. The number of amides is 2. The molecule has 1 aliphatic rings. The van der Waals surface area contributed by atoms with Crippen LogP contribution < -0.4 is 10.9 Å². The number of carbonyl (C=O) groups is 2. The molecule has 104 valence electrons. The zero-order chi connectivity index (χ0) is 14.6. The maximum atomic E-state index is 12.0. The third-order valence-corrected chi connectivity index (χ3v) is 3.02. The van der Waals surface area contributed by atoms with Gasteiger partial charge in [0.2, 0.25) is 11.8 Å². The van der Waals surface area contributed by atoms with E-state index in [-0.39, 0.29) is 17.9 Å². The van der Waals surface area contributed by atoms with Crippen molar-refractivity contribution in [2.24, 2.45) is 0 Å². The van der Waals surface area contributed by atoms with Gasteiger partial charge in [0.25, 0.3) is 5.56 Å². The summed E-state index contributed by atoms with van der Waals surface area (Å²) < 4.78 is 1.30. The van der Waals surface area contributed by atoms with E-state index in [1.165, 1.54) is 10.9 Å². The average molecular weight is 265 g/mol. The Bertz CT molecular complexity index is 549. The molecule has 0 bridgehead atoms. The Hall–Kier alpha value is -1.98. The normalized spacial score (nSPS) is 18.4. The van der Waals surface area contributed by atoms with Gasteiger partial charge in [0, 0.05) is 17.7 Å². The van der Waals surface area contributed by atoms with Crippen molar-refractivity contribution in [3.8, 4) is 0 Å². The SMILES string of the molecule is CC.Cc1ncn(C2CCC(=O)NC2=O)c(=O)c1C. The van der Waals surface area contributed by atoms with Crippen LogP contribution in [0.15, 0.2) is 11.1 Å². The molecule has 19 heavy (non-hydrogen) atoms. The van der Waals surface area contributed by atoms with Crippen LogP contribution in [0.3, 0.4) is 0 Å². The number of carbonyl (C=O) groups excluding carboxylic acids is 2. The molecule has 0 spiro atoms. The number of nitrogens with one attached hydrogen (secondary N) is 1. The van der Waals surface area contributed by atoms with Crippen molar-refractivity contribution in [2.75, 3.05) is 0 Å². The molecule has 1 aliphatic heterocycles. The summed E-state index contributed by atoms with van der Waals surface area (Å²) in [6.07, 6.45) is 1.95. The fourth-order valence-corrected chi connectivity index (χ4v) is 1.82. The van der Waals surface area contributed by atoms with Crippen molar-refractivity contribution in [1.82, 2.24) is 14.9 Å². The first kappa shape index (κ1) is 15.1. The molecule has 2 amide bonds. The number of aryl methyl sites for hydroxylation is 1. The summed E-state index contributed by atoms with van der Waals surface area (Å²) in [6, 6.07) is -0.632. The minimum Gasteiger partial charge on any atom is -0.295 e. The average Bonchev–Trinajstić information content (AvgIpc) is 2.40. The number of hydrogen-bond donors (Lipinski definition) is 1. The van der Waals surface area contributed by atoms with Crippen molar-refractivity contribution >= 4 is 11.8 Å². The fourth-order valence-electron chi connectivity index (χ4n) is 1.82. The smallest absolute Gasteiger partial charge is 0.257 e. The van der Waals surface area contributed by atoms with Crippen LogP contribution in [0.4, 0.5) is 0 Å². The molecular formula is C13H19N3O3. The molecule has 1 unspecified atom stereocenters. The van der Waals surface area contributed by atoms with Gasteiger partial charge in [-0.05, 0) is 20.3 Å². The minimum absolute atomic E-state index is 0.230. The van der Waals surface area contributed by atoms with Gasteiger partial charge in [-0.15, -0.1) is 0 Å². The van der Waals surface area contributed by atoms with Crippen molar-refractivity contribution in [3.63, 3.8) is 0 Å². The van der Waals surface area contributed by atoms with Crippen LogP contribution in [0.25, 0.3) is 0 Å². The number of hydrogen-bond acceptors (Lipinski definition) is 4. The second-order valence-electron chi connectivity index (χ2n) is 4.13.